The molecule has 0 unspecified atom stereocenters. The Labute approximate surface area is 599 Å². The third-order valence-corrected chi connectivity index (χ3v) is 7.36. The van der Waals surface area contributed by atoms with Crippen LogP contribution in [0.3, 0.4) is 0 Å². The minimum Gasteiger partial charge on any atom is -0.351 e. The summed E-state index contributed by atoms with van der Waals surface area (Å²) < 4.78 is 0. The summed E-state index contributed by atoms with van der Waals surface area (Å²) in [6, 6.07) is 57.0. The number of benzene rings is 5. The molecule has 0 saturated heterocycles. The van der Waals surface area contributed by atoms with Crippen LogP contribution in [0.1, 0.15) is 281 Å². The number of aromatic nitrogens is 6. The molecule has 1 N–H and O–H groups in total. The van der Waals surface area contributed by atoms with E-state index in [-0.39, 0.29) is 59.4 Å². The molecule has 0 aliphatic rings. The Morgan fingerprint density at radius 3 is 0.559 bits per heavy atom. The summed E-state index contributed by atoms with van der Waals surface area (Å²) in [6.45, 7) is 64.0. The second-order valence-corrected chi connectivity index (χ2v) is 11.6. The van der Waals surface area contributed by atoms with Crippen molar-refractivity contribution in [2.24, 2.45) is 0 Å². The van der Waals surface area contributed by atoms with E-state index in [0.717, 1.165) is 0 Å². The van der Waals surface area contributed by atoms with Crippen molar-refractivity contribution in [1.82, 2.24) is 29.9 Å². The zero-order chi connectivity index (χ0) is 69.0. The van der Waals surface area contributed by atoms with Gasteiger partial charge in [-0.05, 0) is 50.5 Å². The van der Waals surface area contributed by atoms with Crippen LogP contribution in [0.4, 0.5) is 0 Å². The van der Waals surface area contributed by atoms with E-state index in [1.807, 2.05) is 304 Å². The van der Waals surface area contributed by atoms with E-state index >= 15 is 0 Å². The molecule has 8 heteroatoms. The van der Waals surface area contributed by atoms with Crippen molar-refractivity contribution < 1.29 is 0 Å². The average Bonchev–Trinajstić information content (AvgIpc) is 4.67. The topological polar surface area (TPSA) is 80.2 Å². The van der Waals surface area contributed by atoms with Crippen molar-refractivity contribution in [2.45, 2.75) is 281 Å². The Bertz CT molecular complexity index is 1670. The minimum absolute atomic E-state index is 0. The molecule has 0 aliphatic heterocycles. The highest BCUT2D eigenvalue weighted by molar-refractivity contribution is 7.07. The molecule has 6 nitrogen and oxygen atoms in total. The van der Waals surface area contributed by atoms with Crippen LogP contribution >= 0.6 is 22.7 Å². The molecule has 5 heterocycles. The number of aromatic amines is 1. The van der Waals surface area contributed by atoms with Gasteiger partial charge in [-0.2, -0.15) is 11.3 Å². The molecule has 10 aromatic rings. The van der Waals surface area contributed by atoms with Gasteiger partial charge in [-0.25, -0.2) is 15.0 Å². The summed E-state index contributed by atoms with van der Waals surface area (Å²) in [5, 5.41) is 11.3. The van der Waals surface area contributed by atoms with Gasteiger partial charge in [0.05, 0.1) is 11.8 Å². The maximum absolute atomic E-state index is 3.78. The second kappa shape index (κ2) is 206. The highest BCUT2D eigenvalue weighted by Gasteiger charge is 1.86. The van der Waals surface area contributed by atoms with Crippen LogP contribution in [0.2, 0.25) is 0 Å². The van der Waals surface area contributed by atoms with E-state index in [9.17, 15) is 0 Å². The van der Waals surface area contributed by atoms with Gasteiger partial charge < -0.3 is 4.98 Å². The Morgan fingerprint density at radius 1 is 0.215 bits per heavy atom. The molecular weight excluding hydrogens is 1170 g/mol. The normalized spacial score (nSPS) is 6.02. The largest absolute Gasteiger partial charge is 0.351 e. The molecule has 0 bridgehead atoms. The third-order valence-electron chi connectivity index (χ3n) is 6.21. The lowest BCUT2D eigenvalue weighted by atomic mass is 10.1. The number of nitrogens with zero attached hydrogens (tertiary/aromatic N) is 5. The molecular formula is C85H170N6S2. The molecule has 93 heavy (non-hydrogen) atoms. The van der Waals surface area contributed by atoms with Crippen LogP contribution in [0.5, 0.6) is 0 Å². The molecule has 10 rings (SSSR count). The van der Waals surface area contributed by atoms with Crippen LogP contribution in [0, 0.1) is 0 Å². The minimum atomic E-state index is 0. The Balaban J connectivity index is -0.0000000290. The highest BCUT2D eigenvalue weighted by atomic mass is 32.1. The van der Waals surface area contributed by atoms with Crippen molar-refractivity contribution in [3.05, 3.63) is 248 Å². The summed E-state index contributed by atoms with van der Waals surface area (Å²) in [6.07, 6.45) is 15.2. The van der Waals surface area contributed by atoms with Crippen LogP contribution in [0.25, 0.3) is 21.5 Å². The van der Waals surface area contributed by atoms with E-state index in [4.69, 9.17) is 0 Å². The SMILES string of the molecule is C.C.C.C.C.C.C.C.CC.CC.CC.CC.CC.CC.CC.CC.CC.CC.CC.CC.CC.CC.CC.CC.c1c[nH]cn1.c1ccc2ccccc2c1.c1ccc2ccccc2c1.c1ccccc1.c1ccncc1.c1ccsc1.c1cncnc1.c1cscn1. The fraction of sp³-hybridized carbons (Fsp3) is 0.471. The fourth-order valence-electron chi connectivity index (χ4n) is 3.83. The van der Waals surface area contributed by atoms with Crippen LogP contribution in [-0.4, -0.2) is 29.9 Å². The lowest BCUT2D eigenvalue weighted by Crippen LogP contribution is -1.67. The van der Waals surface area contributed by atoms with Gasteiger partial charge in [0.2, 0.25) is 0 Å². The number of hydrogen-bond acceptors (Lipinski definition) is 7. The molecule has 0 atom stereocenters. The zero-order valence-corrected chi connectivity index (χ0v) is 62.9. The third kappa shape index (κ3) is 153. The van der Waals surface area contributed by atoms with Gasteiger partial charge in [-0.1, -0.05) is 433 Å². The molecule has 5 aromatic heterocycles. The molecule has 0 fully saturated rings. The van der Waals surface area contributed by atoms with Gasteiger partial charge in [0.15, 0.2) is 0 Å². The average molecular weight is 1340 g/mol. The first-order valence-corrected chi connectivity index (χ1v) is 34.5. The summed E-state index contributed by atoms with van der Waals surface area (Å²) in [7, 11) is 0. The predicted octanol–water partition coefficient (Wildman–Crippen LogP) is 33.7. The number of hydrogen-bond donors (Lipinski definition) is 1. The molecule has 5 aromatic carbocycles. The van der Waals surface area contributed by atoms with E-state index in [0.29, 0.717) is 0 Å². The molecule has 0 aliphatic carbocycles. The standard InChI is InChI=1S/2C10H8.C6H6.C5H5N.C4H4N2.C4H4S.C3H4N2.C3H3NS.16C2H6.8CH4/c2*1-2-6-10-8-4-3-7-9(10)5-1;2*1-2-4-6-5-3-1;1-2-5-4-6-3-1;1-2-4-5-3-1;2*1-2-5-3-4-1;16*1-2;;;;;;;;/h2*1-8H;1-6H;1-5H;1-4H;1-4H;1-3H,(H,4,5);1-3H;16*1-2H3;8*1H4. The number of thiazole rings is 1. The Morgan fingerprint density at radius 2 is 0.462 bits per heavy atom. The van der Waals surface area contributed by atoms with Crippen molar-refractivity contribution in [3.63, 3.8) is 0 Å². The predicted molar refractivity (Wildman–Crippen MR) is 461 cm³/mol. The lowest BCUT2D eigenvalue weighted by Gasteiger charge is -1.92. The zero-order valence-electron chi connectivity index (χ0n) is 61.2. The number of imidazole rings is 1. The monoisotopic (exact) mass is 1340 g/mol. The first kappa shape index (κ1) is 152. The molecule has 0 spiro atoms. The van der Waals surface area contributed by atoms with Gasteiger partial charge in [-0.15, -0.1) is 11.3 Å². The van der Waals surface area contributed by atoms with Crippen LogP contribution < -0.4 is 0 Å². The molecule has 552 valence electrons. The number of thiophene rings is 1. The number of rotatable bonds is 0. The number of pyridine rings is 1. The summed E-state index contributed by atoms with van der Waals surface area (Å²) in [5.41, 5.74) is 1.79. The highest BCUT2D eigenvalue weighted by Crippen LogP contribution is 2.12. The van der Waals surface area contributed by atoms with Crippen LogP contribution in [-0.2, 0) is 0 Å². The summed E-state index contributed by atoms with van der Waals surface area (Å²) >= 11 is 3.31. The van der Waals surface area contributed by atoms with E-state index in [1.54, 1.807) is 84.0 Å². The first-order chi connectivity index (χ1) is 42.4. The number of nitrogens with one attached hydrogen (secondary N) is 1. The van der Waals surface area contributed by atoms with Crippen molar-refractivity contribution in [1.29, 1.82) is 0 Å². The first-order valence-electron chi connectivity index (χ1n) is 32.6. The van der Waals surface area contributed by atoms with Gasteiger partial charge in [0.25, 0.3) is 0 Å². The molecule has 0 saturated carbocycles. The maximum Gasteiger partial charge on any atom is 0.115 e. The summed E-state index contributed by atoms with van der Waals surface area (Å²) in [5.74, 6) is 0. The van der Waals surface area contributed by atoms with E-state index < -0.39 is 0 Å². The maximum atomic E-state index is 3.78. The van der Waals surface area contributed by atoms with E-state index in [2.05, 4.69) is 127 Å². The Kier molecular flexibility index (Phi) is 336. The van der Waals surface area contributed by atoms with Gasteiger partial charge in [0, 0.05) is 48.8 Å². The van der Waals surface area contributed by atoms with Gasteiger partial charge in [0.1, 0.15) is 6.33 Å². The molecule has 0 amide bonds. The molecule has 0 radical (unpaired) electrons. The van der Waals surface area contributed by atoms with E-state index in [1.165, 1.54) is 27.9 Å². The van der Waals surface area contributed by atoms with Crippen LogP contribution in [0.15, 0.2) is 248 Å². The second-order valence-electron chi connectivity index (χ2n) is 10.0. The van der Waals surface area contributed by atoms with Crippen molar-refractivity contribution in [3.8, 4) is 0 Å². The van der Waals surface area contributed by atoms with Gasteiger partial charge in [-0.3, -0.25) is 9.97 Å². The number of H-pyrrole nitrogens is 1. The smallest absolute Gasteiger partial charge is 0.115 e. The lowest BCUT2D eigenvalue weighted by molar-refractivity contribution is 1.17. The van der Waals surface area contributed by atoms with Crippen molar-refractivity contribution in [2.75, 3.05) is 0 Å². The number of fused-ring (bicyclic) bond motifs is 2. The Hall–Kier alpha value is -6.61. The van der Waals surface area contributed by atoms with Gasteiger partial charge >= 0.3 is 0 Å². The quantitative estimate of drug-likeness (QED) is 0.164. The fourth-order valence-corrected chi connectivity index (χ4v) is 4.64. The van der Waals surface area contributed by atoms with Crippen molar-refractivity contribution >= 4 is 44.2 Å². The summed E-state index contributed by atoms with van der Waals surface area (Å²) in [4.78, 5) is 21.3.